The van der Waals surface area contributed by atoms with Crippen LogP contribution in [0.5, 0.6) is 0 Å². The molecular weight excluding hydrogens is 164 g/mol. The van der Waals surface area contributed by atoms with Gasteiger partial charge in [0.1, 0.15) is 0 Å². The second kappa shape index (κ2) is 9.75. The van der Waals surface area contributed by atoms with E-state index in [9.17, 15) is 5.11 Å². The minimum Gasteiger partial charge on any atom is -0.393 e. The lowest BCUT2D eigenvalue weighted by atomic mass is 10.1. The highest BCUT2D eigenvalue weighted by atomic mass is 16.5. The molecule has 0 bridgehead atoms. The van der Waals surface area contributed by atoms with Crippen LogP contribution >= 0.6 is 0 Å². The molecule has 0 aromatic carbocycles. The number of aliphatic hydroxyl groups excluding tert-OH is 1. The Morgan fingerprint density at radius 3 is 2.69 bits per heavy atom. The van der Waals surface area contributed by atoms with Crippen molar-refractivity contribution in [2.45, 2.75) is 44.6 Å². The lowest BCUT2D eigenvalue weighted by Gasteiger charge is -2.08. The summed E-state index contributed by atoms with van der Waals surface area (Å²) < 4.78 is 4.88. The normalized spacial score (nSPS) is 12.8. The SMILES string of the molecule is C=CCCCCCC(O)CCOC. The van der Waals surface area contributed by atoms with Crippen LogP contribution in [0.4, 0.5) is 0 Å². The highest BCUT2D eigenvalue weighted by Crippen LogP contribution is 2.08. The first-order valence-electron chi connectivity index (χ1n) is 5.09. The summed E-state index contributed by atoms with van der Waals surface area (Å²) in [5.74, 6) is 0. The molecule has 0 aliphatic carbocycles. The Labute approximate surface area is 81.6 Å². The van der Waals surface area contributed by atoms with Gasteiger partial charge in [0.15, 0.2) is 0 Å². The van der Waals surface area contributed by atoms with Crippen LogP contribution in [0.15, 0.2) is 12.7 Å². The Morgan fingerprint density at radius 2 is 2.08 bits per heavy atom. The monoisotopic (exact) mass is 186 g/mol. The van der Waals surface area contributed by atoms with Gasteiger partial charge in [-0.25, -0.2) is 0 Å². The largest absolute Gasteiger partial charge is 0.393 e. The lowest BCUT2D eigenvalue weighted by Crippen LogP contribution is -2.09. The first kappa shape index (κ1) is 12.7. The zero-order chi connectivity index (χ0) is 9.94. The summed E-state index contributed by atoms with van der Waals surface area (Å²) in [6.45, 7) is 4.33. The molecule has 0 radical (unpaired) electrons. The predicted molar refractivity (Wildman–Crippen MR) is 55.8 cm³/mol. The molecule has 1 atom stereocenters. The van der Waals surface area contributed by atoms with Crippen molar-refractivity contribution < 1.29 is 9.84 Å². The van der Waals surface area contributed by atoms with E-state index in [-0.39, 0.29) is 6.10 Å². The maximum atomic E-state index is 9.44. The molecular formula is C11H22O2. The first-order valence-corrected chi connectivity index (χ1v) is 5.09. The van der Waals surface area contributed by atoms with Gasteiger partial charge in [-0.1, -0.05) is 18.9 Å². The molecule has 0 amide bonds. The van der Waals surface area contributed by atoms with Crippen LogP contribution in [-0.4, -0.2) is 24.9 Å². The second-order valence-electron chi connectivity index (χ2n) is 3.36. The van der Waals surface area contributed by atoms with Crippen LogP contribution in [-0.2, 0) is 4.74 Å². The van der Waals surface area contributed by atoms with E-state index in [1.165, 1.54) is 12.8 Å². The summed E-state index contributed by atoms with van der Waals surface area (Å²) in [5, 5.41) is 9.44. The molecule has 2 heteroatoms. The molecule has 2 nitrogen and oxygen atoms in total. The average molecular weight is 186 g/mol. The van der Waals surface area contributed by atoms with E-state index in [1.807, 2.05) is 6.08 Å². The van der Waals surface area contributed by atoms with Gasteiger partial charge < -0.3 is 9.84 Å². The molecule has 78 valence electrons. The fourth-order valence-electron chi connectivity index (χ4n) is 1.24. The molecule has 0 aliphatic heterocycles. The molecule has 1 unspecified atom stereocenters. The molecule has 0 aliphatic rings. The van der Waals surface area contributed by atoms with Crippen molar-refractivity contribution >= 4 is 0 Å². The van der Waals surface area contributed by atoms with Crippen molar-refractivity contribution in [1.82, 2.24) is 0 Å². The number of allylic oxidation sites excluding steroid dienone is 1. The fraction of sp³-hybridized carbons (Fsp3) is 0.818. The van der Waals surface area contributed by atoms with Crippen LogP contribution in [0.2, 0.25) is 0 Å². The smallest absolute Gasteiger partial charge is 0.0562 e. The number of rotatable bonds is 9. The molecule has 13 heavy (non-hydrogen) atoms. The highest BCUT2D eigenvalue weighted by molar-refractivity contribution is 4.65. The standard InChI is InChI=1S/C11H22O2/c1-3-4-5-6-7-8-11(12)9-10-13-2/h3,11-12H,1,4-10H2,2H3. The Kier molecular flexibility index (Phi) is 9.49. The van der Waals surface area contributed by atoms with Crippen LogP contribution in [0.3, 0.4) is 0 Å². The van der Waals surface area contributed by atoms with E-state index in [2.05, 4.69) is 6.58 Å². The summed E-state index contributed by atoms with van der Waals surface area (Å²) in [4.78, 5) is 0. The van der Waals surface area contributed by atoms with Gasteiger partial charge in [-0.15, -0.1) is 6.58 Å². The first-order chi connectivity index (χ1) is 6.31. The van der Waals surface area contributed by atoms with Crippen LogP contribution < -0.4 is 0 Å². The Hall–Kier alpha value is -0.340. The Balaban J connectivity index is 3.07. The van der Waals surface area contributed by atoms with Crippen molar-refractivity contribution in [1.29, 1.82) is 0 Å². The predicted octanol–water partition coefficient (Wildman–Crippen LogP) is 2.52. The van der Waals surface area contributed by atoms with Crippen LogP contribution in [0.1, 0.15) is 38.5 Å². The van der Waals surface area contributed by atoms with E-state index in [0.29, 0.717) is 6.61 Å². The zero-order valence-electron chi connectivity index (χ0n) is 8.67. The summed E-state index contributed by atoms with van der Waals surface area (Å²) in [6.07, 6.45) is 8.02. The van der Waals surface area contributed by atoms with E-state index in [1.54, 1.807) is 7.11 Å². The number of unbranched alkanes of at least 4 members (excludes halogenated alkanes) is 3. The topological polar surface area (TPSA) is 29.5 Å². The Bertz CT molecular complexity index is 113. The van der Waals surface area contributed by atoms with Crippen LogP contribution in [0.25, 0.3) is 0 Å². The van der Waals surface area contributed by atoms with Gasteiger partial charge in [0.05, 0.1) is 6.10 Å². The lowest BCUT2D eigenvalue weighted by molar-refractivity contribution is 0.102. The van der Waals surface area contributed by atoms with Crippen molar-refractivity contribution in [2.24, 2.45) is 0 Å². The molecule has 0 fully saturated rings. The number of aliphatic hydroxyl groups is 1. The quantitative estimate of drug-likeness (QED) is 0.443. The summed E-state index contributed by atoms with van der Waals surface area (Å²) >= 11 is 0. The van der Waals surface area contributed by atoms with Crippen molar-refractivity contribution in [2.75, 3.05) is 13.7 Å². The van der Waals surface area contributed by atoms with Gasteiger partial charge in [-0.05, 0) is 25.7 Å². The summed E-state index contributed by atoms with van der Waals surface area (Å²) in [5.41, 5.74) is 0. The second-order valence-corrected chi connectivity index (χ2v) is 3.36. The maximum absolute atomic E-state index is 9.44. The van der Waals surface area contributed by atoms with Crippen molar-refractivity contribution in [3.05, 3.63) is 12.7 Å². The summed E-state index contributed by atoms with van der Waals surface area (Å²) in [6, 6.07) is 0. The highest BCUT2D eigenvalue weighted by Gasteiger charge is 2.02. The Morgan fingerprint density at radius 1 is 1.31 bits per heavy atom. The van der Waals surface area contributed by atoms with Gasteiger partial charge in [0.2, 0.25) is 0 Å². The van der Waals surface area contributed by atoms with E-state index in [0.717, 1.165) is 25.7 Å². The number of methoxy groups -OCH3 is 1. The van der Waals surface area contributed by atoms with Crippen molar-refractivity contribution in [3.63, 3.8) is 0 Å². The van der Waals surface area contributed by atoms with Gasteiger partial charge in [0, 0.05) is 13.7 Å². The zero-order valence-corrected chi connectivity index (χ0v) is 8.67. The molecule has 0 spiro atoms. The molecule has 0 saturated carbocycles. The van der Waals surface area contributed by atoms with Crippen LogP contribution in [0, 0.1) is 0 Å². The maximum Gasteiger partial charge on any atom is 0.0562 e. The third-order valence-electron chi connectivity index (χ3n) is 2.10. The molecule has 0 aromatic heterocycles. The third kappa shape index (κ3) is 9.57. The molecule has 0 rings (SSSR count). The summed E-state index contributed by atoms with van der Waals surface area (Å²) in [7, 11) is 1.66. The minimum atomic E-state index is -0.177. The van der Waals surface area contributed by atoms with Gasteiger partial charge in [0.25, 0.3) is 0 Å². The number of hydrogen-bond donors (Lipinski definition) is 1. The van der Waals surface area contributed by atoms with Gasteiger partial charge >= 0.3 is 0 Å². The molecule has 0 aromatic rings. The number of ether oxygens (including phenoxy) is 1. The molecule has 0 saturated heterocycles. The van der Waals surface area contributed by atoms with E-state index in [4.69, 9.17) is 4.74 Å². The third-order valence-corrected chi connectivity index (χ3v) is 2.10. The fourth-order valence-corrected chi connectivity index (χ4v) is 1.24. The van der Waals surface area contributed by atoms with Gasteiger partial charge in [-0.3, -0.25) is 0 Å². The van der Waals surface area contributed by atoms with Crippen molar-refractivity contribution in [3.8, 4) is 0 Å². The average Bonchev–Trinajstić information content (AvgIpc) is 2.14. The minimum absolute atomic E-state index is 0.177. The molecule has 0 heterocycles. The molecule has 1 N–H and O–H groups in total. The number of hydrogen-bond acceptors (Lipinski definition) is 2. The van der Waals surface area contributed by atoms with Gasteiger partial charge in [-0.2, -0.15) is 0 Å². The van der Waals surface area contributed by atoms with E-state index >= 15 is 0 Å². The van der Waals surface area contributed by atoms with E-state index < -0.39 is 0 Å².